The molecule has 2 unspecified atom stereocenters. The Morgan fingerprint density at radius 1 is 1.52 bits per heavy atom. The first kappa shape index (κ1) is 15.6. The third kappa shape index (κ3) is 3.26. The molecular formula is C13H19F2N5O. The molecule has 0 saturated heterocycles. The summed E-state index contributed by atoms with van der Waals surface area (Å²) in [5, 5.41) is 5.67. The number of hydrogen-bond acceptors (Lipinski definition) is 6. The Bertz CT molecular complexity index is 537. The van der Waals surface area contributed by atoms with Crippen LogP contribution >= 0.6 is 0 Å². The molecule has 2 atom stereocenters. The number of carbonyl (C=O) groups excluding carboxylic acids is 1. The van der Waals surface area contributed by atoms with Crippen molar-refractivity contribution in [1.29, 1.82) is 0 Å². The van der Waals surface area contributed by atoms with Crippen molar-refractivity contribution in [2.45, 2.75) is 44.2 Å². The number of nitrogens with zero attached hydrogens (tertiary/aromatic N) is 2. The highest BCUT2D eigenvalue weighted by molar-refractivity contribution is 5.96. The molecule has 0 aliphatic heterocycles. The van der Waals surface area contributed by atoms with Gasteiger partial charge >= 0.3 is 0 Å². The van der Waals surface area contributed by atoms with Crippen LogP contribution in [0.5, 0.6) is 0 Å². The van der Waals surface area contributed by atoms with Gasteiger partial charge in [-0.25, -0.2) is 18.7 Å². The second-order valence-corrected chi connectivity index (χ2v) is 5.19. The van der Waals surface area contributed by atoms with Crippen molar-refractivity contribution in [3.05, 3.63) is 11.9 Å². The van der Waals surface area contributed by atoms with Gasteiger partial charge in [-0.3, -0.25) is 4.79 Å². The van der Waals surface area contributed by atoms with E-state index in [0.29, 0.717) is 24.5 Å². The van der Waals surface area contributed by atoms with E-state index in [1.54, 1.807) is 7.05 Å². The van der Waals surface area contributed by atoms with Gasteiger partial charge in [0, 0.05) is 26.4 Å². The van der Waals surface area contributed by atoms with E-state index in [1.165, 1.54) is 13.1 Å². The van der Waals surface area contributed by atoms with Gasteiger partial charge in [-0.1, -0.05) is 0 Å². The first-order chi connectivity index (χ1) is 9.85. The zero-order valence-electron chi connectivity index (χ0n) is 12.0. The largest absolute Gasteiger partial charge is 0.371 e. The number of aromatic nitrogens is 2. The highest BCUT2D eigenvalue weighted by atomic mass is 19.3. The summed E-state index contributed by atoms with van der Waals surface area (Å²) in [4.78, 5) is 19.6. The summed E-state index contributed by atoms with van der Waals surface area (Å²) in [5.41, 5.74) is 5.83. The van der Waals surface area contributed by atoms with Crippen LogP contribution in [0, 0.1) is 0 Å². The minimum atomic E-state index is -2.88. The van der Waals surface area contributed by atoms with Crippen LogP contribution in [0.4, 0.5) is 20.4 Å². The molecule has 1 heterocycles. The van der Waals surface area contributed by atoms with Crippen molar-refractivity contribution in [2.24, 2.45) is 5.73 Å². The lowest BCUT2D eigenvalue weighted by Gasteiger charge is -2.36. The van der Waals surface area contributed by atoms with Gasteiger partial charge in [0.2, 0.25) is 0 Å². The molecule has 1 aromatic rings. The number of ketones is 1. The number of nitrogens with one attached hydrogen (secondary N) is 2. The Morgan fingerprint density at radius 3 is 2.86 bits per heavy atom. The maximum absolute atomic E-state index is 13.6. The minimum Gasteiger partial charge on any atom is -0.371 e. The lowest BCUT2D eigenvalue weighted by molar-refractivity contribution is -0.0554. The third-order valence-corrected chi connectivity index (χ3v) is 3.62. The van der Waals surface area contributed by atoms with E-state index < -0.39 is 18.0 Å². The van der Waals surface area contributed by atoms with E-state index in [9.17, 15) is 13.6 Å². The summed E-state index contributed by atoms with van der Waals surface area (Å²) >= 11 is 0. The van der Waals surface area contributed by atoms with Gasteiger partial charge < -0.3 is 16.4 Å². The summed E-state index contributed by atoms with van der Waals surface area (Å²) in [5.74, 6) is -2.47. The second-order valence-electron chi connectivity index (χ2n) is 5.19. The fraction of sp³-hybridized carbons (Fsp3) is 0.615. The summed E-state index contributed by atoms with van der Waals surface area (Å²) < 4.78 is 27.2. The molecule has 2 rings (SSSR count). The maximum atomic E-state index is 13.6. The van der Waals surface area contributed by atoms with Crippen LogP contribution in [0.1, 0.15) is 36.7 Å². The molecule has 21 heavy (non-hydrogen) atoms. The number of nitrogens with two attached hydrogens (primary N) is 1. The van der Waals surface area contributed by atoms with Crippen molar-refractivity contribution < 1.29 is 13.6 Å². The first-order valence-corrected chi connectivity index (χ1v) is 6.81. The van der Waals surface area contributed by atoms with Crippen LogP contribution in [-0.4, -0.2) is 40.8 Å². The average molecular weight is 299 g/mol. The zero-order valence-corrected chi connectivity index (χ0v) is 12.0. The average Bonchev–Trinajstić information content (AvgIpc) is 2.43. The molecular weight excluding hydrogens is 280 g/mol. The molecule has 0 aromatic carbocycles. The van der Waals surface area contributed by atoms with E-state index in [1.807, 2.05) is 0 Å². The number of carbonyl (C=O) groups is 1. The topological polar surface area (TPSA) is 92.9 Å². The van der Waals surface area contributed by atoms with Gasteiger partial charge in [0.1, 0.15) is 11.5 Å². The maximum Gasteiger partial charge on any atom is 0.264 e. The molecule has 8 heteroatoms. The summed E-state index contributed by atoms with van der Waals surface area (Å²) in [6, 6.07) is -1.84. The van der Waals surface area contributed by atoms with Crippen molar-refractivity contribution >= 4 is 17.4 Å². The molecule has 6 nitrogen and oxygen atoms in total. The highest BCUT2D eigenvalue weighted by Gasteiger charge is 2.44. The van der Waals surface area contributed by atoms with Gasteiger partial charge in [0.05, 0.1) is 12.2 Å². The van der Waals surface area contributed by atoms with Crippen LogP contribution in [0.2, 0.25) is 0 Å². The van der Waals surface area contributed by atoms with E-state index >= 15 is 0 Å². The molecule has 0 amide bonds. The molecule has 4 N–H and O–H groups in total. The quantitative estimate of drug-likeness (QED) is 0.732. The number of hydrogen-bond donors (Lipinski definition) is 3. The molecule has 1 fully saturated rings. The lowest BCUT2D eigenvalue weighted by atomic mass is 9.87. The van der Waals surface area contributed by atoms with Crippen LogP contribution in [0.25, 0.3) is 0 Å². The summed E-state index contributed by atoms with van der Waals surface area (Å²) in [6.45, 7) is 1.38. The van der Waals surface area contributed by atoms with Gasteiger partial charge in [-0.15, -0.1) is 0 Å². The van der Waals surface area contributed by atoms with E-state index in [0.717, 1.165) is 0 Å². The number of Topliss-reactive ketones (excluding diaryl/α,β-unsaturated/α-hetero) is 1. The van der Waals surface area contributed by atoms with E-state index in [2.05, 4.69) is 20.6 Å². The predicted molar refractivity (Wildman–Crippen MR) is 75.8 cm³/mol. The number of rotatable bonds is 4. The van der Waals surface area contributed by atoms with Crippen molar-refractivity contribution in [2.75, 3.05) is 17.7 Å². The highest BCUT2D eigenvalue weighted by Crippen LogP contribution is 2.33. The van der Waals surface area contributed by atoms with Crippen molar-refractivity contribution in [1.82, 2.24) is 9.97 Å². The van der Waals surface area contributed by atoms with Crippen LogP contribution in [0.3, 0.4) is 0 Å². The Balaban J connectivity index is 2.18. The number of anilines is 2. The Morgan fingerprint density at radius 2 is 2.24 bits per heavy atom. The van der Waals surface area contributed by atoms with Crippen LogP contribution in [0.15, 0.2) is 6.20 Å². The smallest absolute Gasteiger partial charge is 0.264 e. The Labute approximate surface area is 121 Å². The zero-order chi connectivity index (χ0) is 15.6. The molecule has 0 spiro atoms. The molecule has 1 aromatic heterocycles. The normalized spacial score (nSPS) is 24.4. The van der Waals surface area contributed by atoms with Crippen LogP contribution in [-0.2, 0) is 0 Å². The van der Waals surface area contributed by atoms with Crippen molar-refractivity contribution in [3.63, 3.8) is 0 Å². The second kappa shape index (κ2) is 5.88. The minimum absolute atomic E-state index is 0.191. The summed E-state index contributed by atoms with van der Waals surface area (Å²) in [6.07, 6.45) is 2.11. The third-order valence-electron chi connectivity index (χ3n) is 3.62. The van der Waals surface area contributed by atoms with Crippen LogP contribution < -0.4 is 16.4 Å². The van der Waals surface area contributed by atoms with E-state index in [-0.39, 0.29) is 17.9 Å². The molecule has 116 valence electrons. The van der Waals surface area contributed by atoms with Gasteiger partial charge in [0.15, 0.2) is 11.6 Å². The van der Waals surface area contributed by atoms with Gasteiger partial charge in [-0.2, -0.15) is 0 Å². The first-order valence-electron chi connectivity index (χ1n) is 6.81. The fourth-order valence-electron chi connectivity index (χ4n) is 2.44. The molecule has 0 radical (unpaired) electrons. The standard InChI is InChI=1S/C13H19F2N5O/c1-7(21)10-12(17-2)20-9(6-18-10)19-8-4-3-5-13(14,15)11(8)16/h6,8,11H,3-5,16H2,1-2H3,(H2,17,19,20). The SMILES string of the molecule is CNc1nc(NC2CCCC(F)(F)C2N)cnc1C(C)=O. The summed E-state index contributed by atoms with van der Waals surface area (Å²) in [7, 11) is 1.61. The molecule has 1 aliphatic rings. The lowest BCUT2D eigenvalue weighted by Crippen LogP contribution is -2.55. The molecule has 0 bridgehead atoms. The molecule has 1 aliphatic carbocycles. The number of alkyl halides is 2. The fourth-order valence-corrected chi connectivity index (χ4v) is 2.44. The Hall–Kier alpha value is -1.83. The van der Waals surface area contributed by atoms with Crippen molar-refractivity contribution in [3.8, 4) is 0 Å². The number of halogens is 2. The monoisotopic (exact) mass is 299 g/mol. The van der Waals surface area contributed by atoms with Gasteiger partial charge in [-0.05, 0) is 12.8 Å². The Kier molecular flexibility index (Phi) is 4.36. The van der Waals surface area contributed by atoms with E-state index in [4.69, 9.17) is 5.73 Å². The molecule has 1 saturated carbocycles. The van der Waals surface area contributed by atoms with Gasteiger partial charge in [0.25, 0.3) is 5.92 Å². The predicted octanol–water partition coefficient (Wildman–Crippen LogP) is 1.65.